The highest BCUT2D eigenvalue weighted by Gasteiger charge is 2.32. The van der Waals surface area contributed by atoms with Crippen LogP contribution in [0.15, 0.2) is 0 Å². The van der Waals surface area contributed by atoms with Gasteiger partial charge in [-0.25, -0.2) is 12.7 Å². The Hall–Kier alpha value is -0.130. The van der Waals surface area contributed by atoms with Crippen molar-refractivity contribution in [1.82, 2.24) is 9.62 Å². The summed E-state index contributed by atoms with van der Waals surface area (Å²) in [6.45, 7) is 6.88. The van der Waals surface area contributed by atoms with E-state index in [1.54, 1.807) is 4.31 Å². The molecule has 2 aliphatic rings. The van der Waals surface area contributed by atoms with Gasteiger partial charge in [0.15, 0.2) is 0 Å². The number of nitrogens with one attached hydrogen (secondary N) is 1. The van der Waals surface area contributed by atoms with Crippen molar-refractivity contribution in [3.05, 3.63) is 0 Å². The maximum absolute atomic E-state index is 12.3. The molecule has 0 aromatic heterocycles. The summed E-state index contributed by atoms with van der Waals surface area (Å²) in [7, 11) is -3.03. The first-order chi connectivity index (χ1) is 8.99. The number of nitrogens with zero attached hydrogens (tertiary/aromatic N) is 1. The van der Waals surface area contributed by atoms with E-state index in [0.29, 0.717) is 23.6 Å². The lowest BCUT2D eigenvalue weighted by Gasteiger charge is -2.24. The van der Waals surface area contributed by atoms with Gasteiger partial charge in [0.1, 0.15) is 0 Å². The fraction of sp³-hybridized carbons (Fsp3) is 1.00. The molecule has 4 nitrogen and oxygen atoms in total. The van der Waals surface area contributed by atoms with Crippen LogP contribution in [0.3, 0.4) is 0 Å². The zero-order valence-electron chi connectivity index (χ0n) is 12.3. The van der Waals surface area contributed by atoms with Gasteiger partial charge in [-0.3, -0.25) is 0 Å². The van der Waals surface area contributed by atoms with E-state index >= 15 is 0 Å². The highest BCUT2D eigenvalue weighted by atomic mass is 32.2. The molecule has 2 atom stereocenters. The first-order valence-electron chi connectivity index (χ1n) is 7.70. The predicted molar refractivity (Wildman–Crippen MR) is 78.6 cm³/mol. The zero-order chi connectivity index (χ0) is 13.9. The maximum Gasteiger partial charge on any atom is 0.214 e. The van der Waals surface area contributed by atoms with Crippen LogP contribution in [0.2, 0.25) is 0 Å². The van der Waals surface area contributed by atoms with Crippen LogP contribution in [0.25, 0.3) is 0 Å². The summed E-state index contributed by atoms with van der Waals surface area (Å²) in [5.41, 5.74) is 0. The van der Waals surface area contributed by atoms with Crippen LogP contribution in [0, 0.1) is 11.8 Å². The van der Waals surface area contributed by atoms with Crippen LogP contribution in [-0.4, -0.2) is 44.2 Å². The normalized spacial score (nSPS) is 30.1. The molecule has 2 heterocycles. The summed E-state index contributed by atoms with van der Waals surface area (Å²) >= 11 is 0. The molecule has 0 spiro atoms. The van der Waals surface area contributed by atoms with E-state index in [4.69, 9.17) is 0 Å². The summed E-state index contributed by atoms with van der Waals surface area (Å²) in [6.07, 6.45) is 5.39. The van der Waals surface area contributed by atoms with Crippen LogP contribution >= 0.6 is 0 Å². The minimum Gasteiger partial charge on any atom is -0.314 e. The molecule has 2 unspecified atom stereocenters. The molecule has 0 aliphatic carbocycles. The fourth-order valence-corrected chi connectivity index (χ4v) is 4.78. The summed E-state index contributed by atoms with van der Waals surface area (Å²) in [6, 6.07) is 0.409. The molecule has 1 N–H and O–H groups in total. The molecule has 112 valence electrons. The van der Waals surface area contributed by atoms with Gasteiger partial charge >= 0.3 is 0 Å². The fourth-order valence-electron chi connectivity index (χ4n) is 3.14. The number of hydrogen-bond acceptors (Lipinski definition) is 3. The first kappa shape index (κ1) is 15.3. The lowest BCUT2D eigenvalue weighted by molar-refractivity contribution is 0.378. The molecule has 0 radical (unpaired) electrons. The molecule has 19 heavy (non-hydrogen) atoms. The monoisotopic (exact) mass is 288 g/mol. The van der Waals surface area contributed by atoms with Crippen LogP contribution in [0.1, 0.15) is 46.0 Å². The average Bonchev–Trinajstić information content (AvgIpc) is 2.88. The van der Waals surface area contributed by atoms with E-state index in [1.165, 1.54) is 12.8 Å². The molecular formula is C14H28N2O2S. The summed E-state index contributed by atoms with van der Waals surface area (Å²) in [5.74, 6) is 1.44. The molecule has 0 bridgehead atoms. The molecule has 0 aromatic carbocycles. The van der Waals surface area contributed by atoms with Crippen molar-refractivity contribution >= 4 is 10.0 Å². The number of sulfonamides is 1. The van der Waals surface area contributed by atoms with Crippen LogP contribution in [-0.2, 0) is 10.0 Å². The van der Waals surface area contributed by atoms with Crippen molar-refractivity contribution in [3.63, 3.8) is 0 Å². The molecule has 0 aromatic rings. The Kier molecular flexibility index (Phi) is 5.26. The van der Waals surface area contributed by atoms with E-state index in [-0.39, 0.29) is 0 Å². The molecule has 2 aliphatic heterocycles. The van der Waals surface area contributed by atoms with Gasteiger partial charge in [0.25, 0.3) is 0 Å². The Labute approximate surface area is 118 Å². The van der Waals surface area contributed by atoms with Crippen LogP contribution in [0.4, 0.5) is 0 Å². The van der Waals surface area contributed by atoms with Gasteiger partial charge in [0.2, 0.25) is 10.0 Å². The quantitative estimate of drug-likeness (QED) is 0.839. The van der Waals surface area contributed by atoms with Gasteiger partial charge in [0, 0.05) is 19.1 Å². The number of hydrogen-bond donors (Lipinski definition) is 1. The van der Waals surface area contributed by atoms with Crippen LogP contribution in [0.5, 0.6) is 0 Å². The topological polar surface area (TPSA) is 49.4 Å². The lowest BCUT2D eigenvalue weighted by atomic mass is 9.96. The Morgan fingerprint density at radius 1 is 1.26 bits per heavy atom. The second kappa shape index (κ2) is 6.55. The molecule has 2 rings (SSSR count). The highest BCUT2D eigenvalue weighted by Crippen LogP contribution is 2.26. The molecule has 5 heteroatoms. The van der Waals surface area contributed by atoms with Crippen molar-refractivity contribution in [2.75, 3.05) is 25.4 Å². The van der Waals surface area contributed by atoms with Gasteiger partial charge in [-0.1, -0.05) is 20.3 Å². The maximum atomic E-state index is 12.3. The van der Waals surface area contributed by atoms with Gasteiger partial charge < -0.3 is 5.32 Å². The third kappa shape index (κ3) is 4.17. The van der Waals surface area contributed by atoms with Crippen molar-refractivity contribution in [1.29, 1.82) is 0 Å². The molecule has 0 saturated carbocycles. The van der Waals surface area contributed by atoms with E-state index in [1.807, 2.05) is 0 Å². The Morgan fingerprint density at radius 3 is 2.63 bits per heavy atom. The molecule has 2 saturated heterocycles. The van der Waals surface area contributed by atoms with Crippen molar-refractivity contribution in [2.45, 2.75) is 52.0 Å². The SMILES string of the molecule is CC(C)C1CCN(S(=O)(=O)CCC2CCCCN2)C1. The van der Waals surface area contributed by atoms with Gasteiger partial charge in [-0.15, -0.1) is 0 Å². The Bertz CT molecular complexity index is 375. The van der Waals surface area contributed by atoms with E-state index < -0.39 is 10.0 Å². The number of piperidine rings is 1. The van der Waals surface area contributed by atoms with Crippen LogP contribution < -0.4 is 5.32 Å². The summed E-state index contributed by atoms with van der Waals surface area (Å²) in [5, 5.41) is 3.43. The standard InChI is InChI=1S/C14H28N2O2S/c1-12(2)13-6-9-16(11-13)19(17,18)10-7-14-5-3-4-8-15-14/h12-15H,3-11H2,1-2H3. The van der Waals surface area contributed by atoms with Crippen molar-refractivity contribution in [3.8, 4) is 0 Å². The smallest absolute Gasteiger partial charge is 0.214 e. The summed E-state index contributed by atoms with van der Waals surface area (Å²) < 4.78 is 26.4. The second-order valence-corrected chi connectivity index (χ2v) is 8.49. The lowest BCUT2D eigenvalue weighted by Crippen LogP contribution is -2.38. The average molecular weight is 288 g/mol. The third-order valence-corrected chi connectivity index (χ3v) is 6.53. The zero-order valence-corrected chi connectivity index (χ0v) is 13.1. The number of rotatable bonds is 5. The van der Waals surface area contributed by atoms with E-state index in [2.05, 4.69) is 19.2 Å². The minimum absolute atomic E-state index is 0.315. The Morgan fingerprint density at radius 2 is 2.05 bits per heavy atom. The van der Waals surface area contributed by atoms with Crippen molar-refractivity contribution in [2.24, 2.45) is 11.8 Å². The summed E-state index contributed by atoms with van der Waals surface area (Å²) in [4.78, 5) is 0. The van der Waals surface area contributed by atoms with Gasteiger partial charge in [-0.05, 0) is 44.1 Å². The van der Waals surface area contributed by atoms with Crippen molar-refractivity contribution < 1.29 is 8.42 Å². The largest absolute Gasteiger partial charge is 0.314 e. The predicted octanol–water partition coefficient (Wildman–Crippen LogP) is 1.83. The third-order valence-electron chi connectivity index (χ3n) is 4.66. The van der Waals surface area contributed by atoms with Gasteiger partial charge in [0.05, 0.1) is 5.75 Å². The molecular weight excluding hydrogens is 260 g/mol. The second-order valence-electron chi connectivity index (χ2n) is 6.40. The van der Waals surface area contributed by atoms with Gasteiger partial charge in [-0.2, -0.15) is 0 Å². The Balaban J connectivity index is 1.81. The first-order valence-corrected chi connectivity index (χ1v) is 9.31. The highest BCUT2D eigenvalue weighted by molar-refractivity contribution is 7.89. The van der Waals surface area contributed by atoms with E-state index in [9.17, 15) is 8.42 Å². The minimum atomic E-state index is -3.03. The molecule has 2 fully saturated rings. The van der Waals surface area contributed by atoms with E-state index in [0.717, 1.165) is 38.9 Å². The molecule has 0 amide bonds.